The Bertz CT molecular complexity index is 482. The average molecular weight is 291 g/mol. The number of amides is 1. The second-order valence-corrected chi connectivity index (χ2v) is 5.05. The number of hydrogen-bond acceptors (Lipinski definition) is 4. The number of ether oxygens (including phenoxy) is 2. The van der Waals surface area contributed by atoms with Crippen LogP contribution in [-0.4, -0.2) is 38.2 Å². The van der Waals surface area contributed by atoms with Crippen LogP contribution in [0.5, 0.6) is 0 Å². The van der Waals surface area contributed by atoms with Crippen molar-refractivity contribution in [1.29, 1.82) is 0 Å². The zero-order valence-electron chi connectivity index (χ0n) is 12.5. The van der Waals surface area contributed by atoms with Crippen molar-refractivity contribution in [3.8, 4) is 0 Å². The zero-order valence-corrected chi connectivity index (χ0v) is 12.5. The van der Waals surface area contributed by atoms with Crippen LogP contribution in [0, 0.1) is 5.92 Å². The number of benzene rings is 1. The number of methoxy groups -OCH3 is 1. The highest BCUT2D eigenvalue weighted by atomic mass is 16.5. The summed E-state index contributed by atoms with van der Waals surface area (Å²) in [7, 11) is 1.34. The monoisotopic (exact) mass is 291 g/mol. The molecule has 1 aromatic rings. The lowest BCUT2D eigenvalue weighted by atomic mass is 10.0. The smallest absolute Gasteiger partial charge is 0.328 e. The first-order valence-electron chi connectivity index (χ1n) is 7.22. The van der Waals surface area contributed by atoms with Crippen molar-refractivity contribution in [1.82, 2.24) is 0 Å². The third-order valence-corrected chi connectivity index (χ3v) is 3.72. The van der Waals surface area contributed by atoms with Gasteiger partial charge in [0.05, 0.1) is 19.6 Å². The molecule has 5 nitrogen and oxygen atoms in total. The summed E-state index contributed by atoms with van der Waals surface area (Å²) in [6, 6.07) is 8.64. The molecule has 0 unspecified atom stereocenters. The third-order valence-electron chi connectivity index (χ3n) is 3.72. The SMILES string of the molecule is CC[C@H](C(=O)OC)N(C(=O)[C@H]1CCOC1)c1ccccc1. The molecule has 2 rings (SSSR count). The van der Waals surface area contributed by atoms with Gasteiger partial charge < -0.3 is 9.47 Å². The minimum atomic E-state index is -0.606. The summed E-state index contributed by atoms with van der Waals surface area (Å²) in [6.45, 7) is 2.88. The summed E-state index contributed by atoms with van der Waals surface area (Å²) in [6.07, 6.45) is 1.20. The van der Waals surface area contributed by atoms with E-state index < -0.39 is 12.0 Å². The molecular weight excluding hydrogens is 270 g/mol. The average Bonchev–Trinajstić information content (AvgIpc) is 3.06. The van der Waals surface area contributed by atoms with E-state index in [4.69, 9.17) is 9.47 Å². The largest absolute Gasteiger partial charge is 0.467 e. The normalized spacial score (nSPS) is 19.0. The molecule has 0 bridgehead atoms. The van der Waals surface area contributed by atoms with Crippen LogP contribution in [0.4, 0.5) is 5.69 Å². The van der Waals surface area contributed by atoms with Gasteiger partial charge in [0.25, 0.3) is 0 Å². The molecule has 1 aliphatic rings. The molecule has 1 fully saturated rings. The van der Waals surface area contributed by atoms with Gasteiger partial charge in [0.2, 0.25) is 5.91 Å². The van der Waals surface area contributed by atoms with E-state index in [9.17, 15) is 9.59 Å². The molecule has 0 spiro atoms. The van der Waals surface area contributed by atoms with Gasteiger partial charge in [-0.25, -0.2) is 4.79 Å². The van der Waals surface area contributed by atoms with Crippen molar-refractivity contribution in [3.63, 3.8) is 0 Å². The highest BCUT2D eigenvalue weighted by Crippen LogP contribution is 2.25. The van der Waals surface area contributed by atoms with Crippen LogP contribution in [0.25, 0.3) is 0 Å². The summed E-state index contributed by atoms with van der Waals surface area (Å²) >= 11 is 0. The van der Waals surface area contributed by atoms with Gasteiger partial charge in [0.1, 0.15) is 6.04 Å². The number of hydrogen-bond donors (Lipinski definition) is 0. The van der Waals surface area contributed by atoms with Gasteiger partial charge in [0, 0.05) is 12.3 Å². The van der Waals surface area contributed by atoms with Crippen molar-refractivity contribution in [2.24, 2.45) is 5.92 Å². The molecule has 1 saturated heterocycles. The molecule has 1 heterocycles. The van der Waals surface area contributed by atoms with E-state index in [1.165, 1.54) is 7.11 Å². The molecule has 0 aliphatic carbocycles. The molecule has 0 N–H and O–H groups in total. The molecule has 1 aliphatic heterocycles. The number of anilines is 1. The summed E-state index contributed by atoms with van der Waals surface area (Å²) in [5, 5.41) is 0. The molecule has 114 valence electrons. The third kappa shape index (κ3) is 3.42. The molecular formula is C16H21NO4. The van der Waals surface area contributed by atoms with Crippen LogP contribution < -0.4 is 4.90 Å². The number of carbonyl (C=O) groups excluding carboxylic acids is 2. The summed E-state index contributed by atoms with van der Waals surface area (Å²) in [4.78, 5) is 26.4. The van der Waals surface area contributed by atoms with E-state index in [1.807, 2.05) is 37.3 Å². The lowest BCUT2D eigenvalue weighted by Gasteiger charge is -2.31. The van der Waals surface area contributed by atoms with E-state index in [2.05, 4.69) is 0 Å². The molecule has 0 radical (unpaired) electrons. The van der Waals surface area contributed by atoms with Crippen LogP contribution in [-0.2, 0) is 19.1 Å². The van der Waals surface area contributed by atoms with Gasteiger partial charge in [-0.05, 0) is 25.0 Å². The second kappa shape index (κ2) is 7.22. The topological polar surface area (TPSA) is 55.8 Å². The first-order valence-corrected chi connectivity index (χ1v) is 7.22. The fourth-order valence-electron chi connectivity index (χ4n) is 2.57. The predicted molar refractivity (Wildman–Crippen MR) is 78.9 cm³/mol. The van der Waals surface area contributed by atoms with E-state index in [0.29, 0.717) is 31.7 Å². The van der Waals surface area contributed by atoms with E-state index >= 15 is 0 Å². The van der Waals surface area contributed by atoms with Crippen LogP contribution in [0.15, 0.2) is 30.3 Å². The Morgan fingerprint density at radius 3 is 2.62 bits per heavy atom. The standard InChI is InChI=1S/C16H21NO4/c1-3-14(16(19)20-2)17(13-7-5-4-6-8-13)15(18)12-9-10-21-11-12/h4-8,12,14H,3,9-11H2,1-2H3/t12-,14+/m0/s1. The quantitative estimate of drug-likeness (QED) is 0.779. The lowest BCUT2D eigenvalue weighted by Crippen LogP contribution is -2.48. The van der Waals surface area contributed by atoms with Crippen molar-refractivity contribution in [2.45, 2.75) is 25.8 Å². The Morgan fingerprint density at radius 1 is 1.38 bits per heavy atom. The lowest BCUT2D eigenvalue weighted by molar-refractivity contribution is -0.144. The number of esters is 1. The van der Waals surface area contributed by atoms with E-state index in [1.54, 1.807) is 4.90 Å². The fourth-order valence-corrected chi connectivity index (χ4v) is 2.57. The van der Waals surface area contributed by atoms with Crippen LogP contribution in [0.2, 0.25) is 0 Å². The van der Waals surface area contributed by atoms with Crippen LogP contribution in [0.1, 0.15) is 19.8 Å². The highest BCUT2D eigenvalue weighted by Gasteiger charge is 2.35. The number of nitrogens with zero attached hydrogens (tertiary/aromatic N) is 1. The van der Waals surface area contributed by atoms with Gasteiger partial charge in [-0.1, -0.05) is 25.1 Å². The van der Waals surface area contributed by atoms with Crippen molar-refractivity contribution >= 4 is 17.6 Å². The second-order valence-electron chi connectivity index (χ2n) is 5.05. The summed E-state index contributed by atoms with van der Waals surface area (Å²) in [5.41, 5.74) is 0.714. The van der Waals surface area contributed by atoms with Crippen LogP contribution >= 0.6 is 0 Å². The Balaban J connectivity index is 2.33. The van der Waals surface area contributed by atoms with Gasteiger partial charge >= 0.3 is 5.97 Å². The van der Waals surface area contributed by atoms with Crippen molar-refractivity contribution in [3.05, 3.63) is 30.3 Å². The van der Waals surface area contributed by atoms with Crippen LogP contribution in [0.3, 0.4) is 0 Å². The minimum Gasteiger partial charge on any atom is -0.467 e. The molecule has 5 heteroatoms. The molecule has 21 heavy (non-hydrogen) atoms. The Hall–Kier alpha value is -1.88. The molecule has 0 aromatic heterocycles. The first kappa shape index (κ1) is 15.5. The Kier molecular flexibility index (Phi) is 5.33. The maximum Gasteiger partial charge on any atom is 0.328 e. The Morgan fingerprint density at radius 2 is 2.10 bits per heavy atom. The van der Waals surface area contributed by atoms with E-state index in [-0.39, 0.29) is 11.8 Å². The molecule has 0 saturated carbocycles. The van der Waals surface area contributed by atoms with Crippen molar-refractivity contribution < 1.29 is 19.1 Å². The fraction of sp³-hybridized carbons (Fsp3) is 0.500. The predicted octanol–water partition coefficient (Wildman–Crippen LogP) is 2.01. The summed E-state index contributed by atoms with van der Waals surface area (Å²) < 4.78 is 10.2. The van der Waals surface area contributed by atoms with Gasteiger partial charge in [0.15, 0.2) is 0 Å². The molecule has 1 aromatic carbocycles. The number of carbonyl (C=O) groups is 2. The maximum atomic E-state index is 12.8. The summed E-state index contributed by atoms with van der Waals surface area (Å²) in [5.74, 6) is -0.659. The van der Waals surface area contributed by atoms with E-state index in [0.717, 1.165) is 0 Å². The first-order chi connectivity index (χ1) is 10.2. The zero-order chi connectivity index (χ0) is 15.2. The molecule has 1 amide bonds. The minimum absolute atomic E-state index is 0.0732. The van der Waals surface area contributed by atoms with Gasteiger partial charge in [-0.2, -0.15) is 0 Å². The molecule has 2 atom stereocenters. The highest BCUT2D eigenvalue weighted by molar-refractivity contribution is 6.00. The van der Waals surface area contributed by atoms with Gasteiger partial charge in [-0.15, -0.1) is 0 Å². The maximum absolute atomic E-state index is 12.8. The number of para-hydroxylation sites is 1. The Labute approximate surface area is 124 Å². The van der Waals surface area contributed by atoms with Gasteiger partial charge in [-0.3, -0.25) is 9.69 Å². The number of rotatable bonds is 5. The van der Waals surface area contributed by atoms with Crippen molar-refractivity contribution in [2.75, 3.05) is 25.2 Å².